The number of aromatic nitrogens is 2. The average Bonchev–Trinajstić information content (AvgIpc) is 2.49. The van der Waals surface area contributed by atoms with E-state index in [0.29, 0.717) is 17.5 Å². The summed E-state index contributed by atoms with van der Waals surface area (Å²) in [5.41, 5.74) is 1.11. The van der Waals surface area contributed by atoms with Crippen molar-refractivity contribution < 1.29 is 4.74 Å². The predicted molar refractivity (Wildman–Crippen MR) is 73.4 cm³/mol. The van der Waals surface area contributed by atoms with Crippen LogP contribution in [0.15, 0.2) is 42.7 Å². The largest absolute Gasteiger partial charge is 0.437 e. The fraction of sp³-hybridized carbons (Fsp3) is 0.333. The molecule has 0 bridgehead atoms. The van der Waals surface area contributed by atoms with Crippen LogP contribution in [-0.2, 0) is 0 Å². The third-order valence-corrected chi connectivity index (χ3v) is 3.32. The second-order valence-electron chi connectivity index (χ2n) is 4.73. The first-order valence-electron chi connectivity index (χ1n) is 6.67. The molecule has 0 spiro atoms. The molecule has 4 heteroatoms. The summed E-state index contributed by atoms with van der Waals surface area (Å²) in [5, 5.41) is 3.41. The Labute approximate surface area is 112 Å². The zero-order valence-electron chi connectivity index (χ0n) is 10.7. The van der Waals surface area contributed by atoms with E-state index in [1.807, 2.05) is 24.3 Å². The van der Waals surface area contributed by atoms with Gasteiger partial charge in [0.2, 0.25) is 5.88 Å². The Morgan fingerprint density at radius 3 is 3.00 bits per heavy atom. The van der Waals surface area contributed by atoms with E-state index in [1.54, 1.807) is 12.4 Å². The van der Waals surface area contributed by atoms with E-state index >= 15 is 0 Å². The van der Waals surface area contributed by atoms with E-state index in [-0.39, 0.29) is 0 Å². The smallest absolute Gasteiger partial charge is 0.219 e. The molecule has 1 saturated heterocycles. The molecule has 1 N–H and O–H groups in total. The maximum absolute atomic E-state index is 5.72. The molecule has 2 aromatic rings. The van der Waals surface area contributed by atoms with Gasteiger partial charge in [0.05, 0.1) is 6.20 Å². The molecule has 2 aromatic heterocycles. The molecule has 0 radical (unpaired) electrons. The Balaban J connectivity index is 1.76. The van der Waals surface area contributed by atoms with Crippen LogP contribution in [0.2, 0.25) is 0 Å². The maximum atomic E-state index is 5.72. The number of pyridine rings is 2. The Hall–Kier alpha value is -1.94. The highest BCUT2D eigenvalue weighted by atomic mass is 16.5. The molecule has 0 saturated carbocycles. The van der Waals surface area contributed by atoms with Crippen LogP contribution in [0.4, 0.5) is 0 Å². The summed E-state index contributed by atoms with van der Waals surface area (Å²) in [6.45, 7) is 2.12. The van der Waals surface area contributed by atoms with Gasteiger partial charge in [-0.25, -0.2) is 4.98 Å². The van der Waals surface area contributed by atoms with Gasteiger partial charge in [0, 0.05) is 30.4 Å². The highest BCUT2D eigenvalue weighted by Crippen LogP contribution is 2.24. The fourth-order valence-corrected chi connectivity index (χ4v) is 2.35. The summed E-state index contributed by atoms with van der Waals surface area (Å²) in [6, 6.07) is 9.69. The van der Waals surface area contributed by atoms with Crippen molar-refractivity contribution in [2.24, 2.45) is 0 Å². The number of rotatable bonds is 3. The van der Waals surface area contributed by atoms with Gasteiger partial charge in [-0.3, -0.25) is 4.98 Å². The van der Waals surface area contributed by atoms with Gasteiger partial charge in [-0.2, -0.15) is 0 Å². The minimum absolute atomic E-state index is 0.492. The third kappa shape index (κ3) is 3.09. The topological polar surface area (TPSA) is 47.0 Å². The number of nitrogens with one attached hydrogen (secondary N) is 1. The van der Waals surface area contributed by atoms with Crippen molar-refractivity contribution in [2.75, 3.05) is 13.1 Å². The van der Waals surface area contributed by atoms with E-state index in [9.17, 15) is 0 Å². The van der Waals surface area contributed by atoms with Crippen LogP contribution in [0.1, 0.15) is 24.5 Å². The van der Waals surface area contributed by atoms with Crippen molar-refractivity contribution in [3.8, 4) is 11.6 Å². The van der Waals surface area contributed by atoms with Gasteiger partial charge in [-0.05, 0) is 37.6 Å². The zero-order valence-corrected chi connectivity index (χ0v) is 10.7. The number of piperidine rings is 1. The minimum atomic E-state index is 0.492. The van der Waals surface area contributed by atoms with Gasteiger partial charge in [0.1, 0.15) is 5.75 Å². The summed E-state index contributed by atoms with van der Waals surface area (Å²) < 4.78 is 5.72. The molecule has 1 aliphatic rings. The van der Waals surface area contributed by atoms with E-state index in [1.165, 1.54) is 12.8 Å². The van der Waals surface area contributed by atoms with Gasteiger partial charge in [0.15, 0.2) is 0 Å². The van der Waals surface area contributed by atoms with Crippen molar-refractivity contribution in [2.45, 2.75) is 18.8 Å². The predicted octanol–water partition coefficient (Wildman–Crippen LogP) is 2.74. The number of ether oxygens (including phenoxy) is 1. The SMILES string of the molecule is c1cncc(Oc2cccc(C3CCCNC3)n2)c1. The molecule has 0 aliphatic carbocycles. The van der Waals surface area contributed by atoms with Crippen LogP contribution in [0.3, 0.4) is 0 Å². The Morgan fingerprint density at radius 1 is 1.21 bits per heavy atom. The molecule has 4 nitrogen and oxygen atoms in total. The molecule has 1 atom stereocenters. The number of hydrogen-bond donors (Lipinski definition) is 1. The van der Waals surface area contributed by atoms with E-state index in [0.717, 1.165) is 18.8 Å². The molecule has 98 valence electrons. The van der Waals surface area contributed by atoms with Gasteiger partial charge in [0.25, 0.3) is 0 Å². The first kappa shape index (κ1) is 12.1. The summed E-state index contributed by atoms with van der Waals surface area (Å²) in [5.74, 6) is 1.84. The first-order valence-corrected chi connectivity index (χ1v) is 6.67. The van der Waals surface area contributed by atoms with Crippen molar-refractivity contribution >= 4 is 0 Å². The van der Waals surface area contributed by atoms with Crippen LogP contribution in [0, 0.1) is 0 Å². The minimum Gasteiger partial charge on any atom is -0.437 e. The second-order valence-corrected chi connectivity index (χ2v) is 4.73. The molecular weight excluding hydrogens is 238 g/mol. The summed E-state index contributed by atoms with van der Waals surface area (Å²) in [4.78, 5) is 8.63. The monoisotopic (exact) mass is 255 g/mol. The highest BCUT2D eigenvalue weighted by Gasteiger charge is 2.16. The molecule has 1 aliphatic heterocycles. The van der Waals surface area contributed by atoms with Crippen molar-refractivity contribution in [3.63, 3.8) is 0 Å². The van der Waals surface area contributed by atoms with Crippen molar-refractivity contribution in [1.29, 1.82) is 0 Å². The lowest BCUT2D eigenvalue weighted by Crippen LogP contribution is -2.28. The molecular formula is C15H17N3O. The fourth-order valence-electron chi connectivity index (χ4n) is 2.35. The highest BCUT2D eigenvalue weighted by molar-refractivity contribution is 5.25. The third-order valence-electron chi connectivity index (χ3n) is 3.32. The Kier molecular flexibility index (Phi) is 3.70. The maximum Gasteiger partial charge on any atom is 0.219 e. The Bertz CT molecular complexity index is 524. The lowest BCUT2D eigenvalue weighted by Gasteiger charge is -2.22. The van der Waals surface area contributed by atoms with Gasteiger partial charge >= 0.3 is 0 Å². The van der Waals surface area contributed by atoms with Crippen LogP contribution >= 0.6 is 0 Å². The molecule has 1 unspecified atom stereocenters. The van der Waals surface area contributed by atoms with Crippen LogP contribution < -0.4 is 10.1 Å². The lowest BCUT2D eigenvalue weighted by molar-refractivity contribution is 0.434. The lowest BCUT2D eigenvalue weighted by atomic mass is 9.96. The number of hydrogen-bond acceptors (Lipinski definition) is 4. The first-order chi connectivity index (χ1) is 9.42. The van der Waals surface area contributed by atoms with Crippen LogP contribution in [0.5, 0.6) is 11.6 Å². The summed E-state index contributed by atoms with van der Waals surface area (Å²) in [6.07, 6.45) is 5.82. The molecule has 1 fully saturated rings. The normalized spacial score (nSPS) is 19.1. The van der Waals surface area contributed by atoms with Crippen molar-refractivity contribution in [3.05, 3.63) is 48.4 Å². The van der Waals surface area contributed by atoms with E-state index in [2.05, 4.69) is 21.4 Å². The van der Waals surface area contributed by atoms with E-state index < -0.39 is 0 Å². The quantitative estimate of drug-likeness (QED) is 0.916. The number of nitrogens with zero attached hydrogens (tertiary/aromatic N) is 2. The molecule has 3 heterocycles. The van der Waals surface area contributed by atoms with Gasteiger partial charge in [-0.1, -0.05) is 6.07 Å². The second kappa shape index (κ2) is 5.80. The zero-order chi connectivity index (χ0) is 12.9. The van der Waals surface area contributed by atoms with Crippen molar-refractivity contribution in [1.82, 2.24) is 15.3 Å². The van der Waals surface area contributed by atoms with Gasteiger partial charge < -0.3 is 10.1 Å². The molecule has 19 heavy (non-hydrogen) atoms. The average molecular weight is 255 g/mol. The van der Waals surface area contributed by atoms with Crippen LogP contribution in [0.25, 0.3) is 0 Å². The van der Waals surface area contributed by atoms with Gasteiger partial charge in [-0.15, -0.1) is 0 Å². The summed E-state index contributed by atoms with van der Waals surface area (Å²) >= 11 is 0. The molecule has 3 rings (SSSR count). The molecule has 0 aromatic carbocycles. The summed E-state index contributed by atoms with van der Waals surface area (Å²) in [7, 11) is 0. The van der Waals surface area contributed by atoms with E-state index in [4.69, 9.17) is 4.74 Å². The standard InChI is InChI=1S/C15H17N3O/c1-6-14(12-4-2-8-16-10-12)18-15(7-1)19-13-5-3-9-17-11-13/h1,3,5-7,9,11-12,16H,2,4,8,10H2. The molecule has 0 amide bonds. The Morgan fingerprint density at radius 2 is 2.21 bits per heavy atom. The van der Waals surface area contributed by atoms with Crippen LogP contribution in [-0.4, -0.2) is 23.1 Å².